The van der Waals surface area contributed by atoms with Crippen LogP contribution in [-0.4, -0.2) is 54.9 Å². The molecular weight excluding hydrogens is 260 g/mol. The minimum Gasteiger partial charge on any atom is -0.481 e. The molecule has 0 aromatic carbocycles. The van der Waals surface area contributed by atoms with Crippen molar-refractivity contribution in [3.05, 3.63) is 0 Å². The maximum Gasteiger partial charge on any atom is 0.317 e. The monoisotopic (exact) mass is 284 g/mol. The predicted octanol–water partition coefficient (Wildman–Crippen LogP) is 1.31. The molecular formula is C14H24N2O4. The van der Waals surface area contributed by atoms with Gasteiger partial charge in [0, 0.05) is 20.2 Å². The largest absolute Gasteiger partial charge is 0.481 e. The van der Waals surface area contributed by atoms with Crippen LogP contribution in [0, 0.1) is 11.8 Å². The molecule has 114 valence electrons. The van der Waals surface area contributed by atoms with Gasteiger partial charge in [-0.1, -0.05) is 12.8 Å². The van der Waals surface area contributed by atoms with E-state index in [9.17, 15) is 14.7 Å². The van der Waals surface area contributed by atoms with Gasteiger partial charge < -0.3 is 20.1 Å². The molecule has 6 nitrogen and oxygen atoms in total. The van der Waals surface area contributed by atoms with Crippen molar-refractivity contribution in [2.24, 2.45) is 11.8 Å². The second-order valence-corrected chi connectivity index (χ2v) is 5.80. The number of likely N-dealkylation sites (N-methyl/N-ethyl adjacent to an activating group) is 1. The van der Waals surface area contributed by atoms with Crippen molar-refractivity contribution in [1.29, 1.82) is 0 Å². The third kappa shape index (κ3) is 3.62. The van der Waals surface area contributed by atoms with E-state index in [4.69, 9.17) is 4.74 Å². The Kier molecular flexibility index (Phi) is 5.23. The number of carboxylic acid groups (broad SMARTS) is 1. The highest BCUT2D eigenvalue weighted by Crippen LogP contribution is 2.29. The Labute approximate surface area is 119 Å². The van der Waals surface area contributed by atoms with Gasteiger partial charge in [0.2, 0.25) is 0 Å². The van der Waals surface area contributed by atoms with E-state index in [2.05, 4.69) is 5.32 Å². The number of nitrogens with zero attached hydrogens (tertiary/aromatic N) is 1. The highest BCUT2D eigenvalue weighted by atomic mass is 16.5. The van der Waals surface area contributed by atoms with Crippen molar-refractivity contribution in [3.8, 4) is 0 Å². The van der Waals surface area contributed by atoms with Crippen LogP contribution in [-0.2, 0) is 9.53 Å². The number of carbonyl (C=O) groups excluding carboxylic acids is 1. The summed E-state index contributed by atoms with van der Waals surface area (Å²) in [5.41, 5.74) is 0. The molecule has 6 heteroatoms. The van der Waals surface area contributed by atoms with Crippen LogP contribution in [0.3, 0.4) is 0 Å². The summed E-state index contributed by atoms with van der Waals surface area (Å²) in [5.74, 6) is -0.996. The van der Waals surface area contributed by atoms with Crippen LogP contribution in [0.2, 0.25) is 0 Å². The molecule has 0 aromatic rings. The number of amides is 2. The van der Waals surface area contributed by atoms with Crippen molar-refractivity contribution < 1.29 is 19.4 Å². The van der Waals surface area contributed by atoms with E-state index >= 15 is 0 Å². The van der Waals surface area contributed by atoms with Crippen LogP contribution in [0.25, 0.3) is 0 Å². The van der Waals surface area contributed by atoms with Gasteiger partial charge in [-0.25, -0.2) is 4.79 Å². The van der Waals surface area contributed by atoms with Crippen LogP contribution in [0.5, 0.6) is 0 Å². The van der Waals surface area contributed by atoms with Gasteiger partial charge in [0.25, 0.3) is 0 Å². The molecule has 2 fully saturated rings. The lowest BCUT2D eigenvalue weighted by molar-refractivity contribution is -0.144. The topological polar surface area (TPSA) is 78.9 Å². The minimum atomic E-state index is -0.735. The second-order valence-electron chi connectivity index (χ2n) is 5.80. The first-order valence-corrected chi connectivity index (χ1v) is 7.41. The number of carboxylic acids is 1. The summed E-state index contributed by atoms with van der Waals surface area (Å²) in [6.07, 6.45) is 4.50. The zero-order valence-corrected chi connectivity index (χ0v) is 12.0. The van der Waals surface area contributed by atoms with Gasteiger partial charge in [-0.15, -0.1) is 0 Å². The lowest BCUT2D eigenvalue weighted by atomic mass is 9.79. The maximum atomic E-state index is 12.1. The molecule has 3 atom stereocenters. The van der Waals surface area contributed by atoms with E-state index in [1.54, 1.807) is 11.9 Å². The van der Waals surface area contributed by atoms with Gasteiger partial charge in [-0.05, 0) is 25.2 Å². The molecule has 2 amide bonds. The van der Waals surface area contributed by atoms with Gasteiger partial charge >= 0.3 is 12.0 Å². The fourth-order valence-corrected chi connectivity index (χ4v) is 3.11. The molecule has 1 saturated carbocycles. The van der Waals surface area contributed by atoms with Crippen LogP contribution >= 0.6 is 0 Å². The summed E-state index contributed by atoms with van der Waals surface area (Å²) in [4.78, 5) is 24.9. The molecule has 1 aliphatic carbocycles. The van der Waals surface area contributed by atoms with Crippen LogP contribution < -0.4 is 5.32 Å². The third-order valence-corrected chi connectivity index (χ3v) is 4.52. The van der Waals surface area contributed by atoms with Crippen molar-refractivity contribution in [2.45, 2.75) is 38.1 Å². The number of hydrogen-bond acceptors (Lipinski definition) is 3. The highest BCUT2D eigenvalue weighted by molar-refractivity contribution is 5.74. The predicted molar refractivity (Wildman–Crippen MR) is 73.5 cm³/mol. The van der Waals surface area contributed by atoms with Crippen LogP contribution in [0.4, 0.5) is 4.79 Å². The molecule has 0 spiro atoms. The normalized spacial score (nSPS) is 29.9. The molecule has 1 heterocycles. The first-order valence-electron chi connectivity index (χ1n) is 7.41. The van der Waals surface area contributed by atoms with E-state index in [0.29, 0.717) is 19.8 Å². The molecule has 2 N–H and O–H groups in total. The Morgan fingerprint density at radius 1 is 1.30 bits per heavy atom. The third-order valence-electron chi connectivity index (χ3n) is 4.52. The molecule has 2 rings (SSSR count). The molecule has 2 aliphatic rings. The average molecular weight is 284 g/mol. The van der Waals surface area contributed by atoms with Crippen molar-refractivity contribution >= 4 is 12.0 Å². The van der Waals surface area contributed by atoms with Gasteiger partial charge in [-0.2, -0.15) is 0 Å². The number of rotatable bonds is 4. The average Bonchev–Trinajstić information content (AvgIpc) is 2.98. The first-order chi connectivity index (χ1) is 9.59. The fourth-order valence-electron chi connectivity index (χ4n) is 3.11. The van der Waals surface area contributed by atoms with Crippen LogP contribution in [0.15, 0.2) is 0 Å². The van der Waals surface area contributed by atoms with Crippen molar-refractivity contribution in [3.63, 3.8) is 0 Å². The SMILES string of the molecule is CN(C(=O)NCC1CCCCC1C(=O)O)C1CCOC1. The maximum absolute atomic E-state index is 12.1. The lowest BCUT2D eigenvalue weighted by Gasteiger charge is -2.30. The number of aliphatic carboxylic acids is 1. The van der Waals surface area contributed by atoms with E-state index < -0.39 is 5.97 Å². The van der Waals surface area contributed by atoms with Crippen molar-refractivity contribution in [1.82, 2.24) is 10.2 Å². The number of carbonyl (C=O) groups is 2. The van der Waals surface area contributed by atoms with E-state index in [-0.39, 0.29) is 23.9 Å². The Hall–Kier alpha value is -1.30. The second kappa shape index (κ2) is 6.92. The minimum absolute atomic E-state index is 0.0541. The highest BCUT2D eigenvalue weighted by Gasteiger charge is 2.31. The number of hydrogen-bond donors (Lipinski definition) is 2. The van der Waals surface area contributed by atoms with Gasteiger partial charge in [0.1, 0.15) is 0 Å². The smallest absolute Gasteiger partial charge is 0.317 e. The molecule has 0 bridgehead atoms. The molecule has 0 aromatic heterocycles. The Bertz CT molecular complexity index is 355. The molecule has 1 aliphatic heterocycles. The Balaban J connectivity index is 1.80. The van der Waals surface area contributed by atoms with E-state index in [0.717, 1.165) is 32.1 Å². The summed E-state index contributed by atoms with van der Waals surface area (Å²) in [7, 11) is 1.77. The number of urea groups is 1. The number of ether oxygens (including phenoxy) is 1. The molecule has 0 radical (unpaired) electrons. The van der Waals surface area contributed by atoms with Gasteiger partial charge in [0.15, 0.2) is 0 Å². The summed E-state index contributed by atoms with van der Waals surface area (Å²) in [6.45, 7) is 1.74. The quantitative estimate of drug-likeness (QED) is 0.816. The first kappa shape index (κ1) is 15.1. The van der Waals surface area contributed by atoms with Gasteiger partial charge in [-0.3, -0.25) is 4.79 Å². The van der Waals surface area contributed by atoms with E-state index in [1.807, 2.05) is 0 Å². The van der Waals surface area contributed by atoms with Crippen molar-refractivity contribution in [2.75, 3.05) is 26.8 Å². The summed E-state index contributed by atoms with van der Waals surface area (Å²) < 4.78 is 5.27. The fraction of sp³-hybridized carbons (Fsp3) is 0.857. The summed E-state index contributed by atoms with van der Waals surface area (Å²) in [6, 6.07) is 0.00633. The zero-order chi connectivity index (χ0) is 14.5. The Morgan fingerprint density at radius 3 is 2.70 bits per heavy atom. The summed E-state index contributed by atoms with van der Waals surface area (Å²) >= 11 is 0. The summed E-state index contributed by atoms with van der Waals surface area (Å²) in [5, 5.41) is 12.1. The molecule has 1 saturated heterocycles. The van der Waals surface area contributed by atoms with Gasteiger partial charge in [0.05, 0.1) is 18.6 Å². The molecule has 20 heavy (non-hydrogen) atoms. The lowest BCUT2D eigenvalue weighted by Crippen LogP contribution is -2.46. The number of nitrogens with one attached hydrogen (secondary N) is 1. The van der Waals surface area contributed by atoms with E-state index in [1.165, 1.54) is 0 Å². The van der Waals surface area contributed by atoms with Crippen LogP contribution in [0.1, 0.15) is 32.1 Å². The Morgan fingerprint density at radius 2 is 2.05 bits per heavy atom. The zero-order valence-electron chi connectivity index (χ0n) is 12.0. The molecule has 3 unspecified atom stereocenters. The standard InChI is InChI=1S/C14H24N2O4/c1-16(11-6-7-20-9-11)14(19)15-8-10-4-2-3-5-12(10)13(17)18/h10-12H,2-9H2,1H3,(H,15,19)(H,17,18).